The van der Waals surface area contributed by atoms with Crippen LogP contribution in [0.1, 0.15) is 53.4 Å². The molecule has 0 atom stereocenters. The maximum atomic E-state index is 12.4. The third-order valence-electron chi connectivity index (χ3n) is 4.86. The molecule has 3 aromatic rings. The number of hydrogen-bond donors (Lipinski definition) is 1. The molecule has 0 aliphatic carbocycles. The lowest BCUT2D eigenvalue weighted by molar-refractivity contribution is 0.0951. The highest BCUT2D eigenvalue weighted by Gasteiger charge is 2.13. The molecule has 1 N–H and O–H groups in total. The Balaban J connectivity index is 1.58. The molecule has 0 bridgehead atoms. The van der Waals surface area contributed by atoms with Crippen molar-refractivity contribution < 1.29 is 9.53 Å². The van der Waals surface area contributed by atoms with Gasteiger partial charge in [-0.1, -0.05) is 56.9 Å². The van der Waals surface area contributed by atoms with Crippen LogP contribution in [0.25, 0.3) is 0 Å². The first-order valence-corrected chi connectivity index (χ1v) is 9.99. The maximum Gasteiger partial charge on any atom is 0.251 e. The van der Waals surface area contributed by atoms with E-state index < -0.39 is 0 Å². The van der Waals surface area contributed by atoms with Gasteiger partial charge in [-0.05, 0) is 65.1 Å². The Morgan fingerprint density at radius 1 is 0.833 bits per heavy atom. The number of methoxy groups -OCH3 is 1. The Kier molecular flexibility index (Phi) is 6.59. The van der Waals surface area contributed by atoms with E-state index in [1.165, 1.54) is 5.56 Å². The quantitative estimate of drug-likeness (QED) is 0.605. The summed E-state index contributed by atoms with van der Waals surface area (Å²) < 4.78 is 5.15. The van der Waals surface area contributed by atoms with Crippen LogP contribution in [0.3, 0.4) is 0 Å². The fourth-order valence-corrected chi connectivity index (χ4v) is 2.93. The second-order valence-electron chi connectivity index (χ2n) is 8.19. The van der Waals surface area contributed by atoms with Crippen LogP contribution in [0.5, 0.6) is 5.75 Å². The molecule has 3 rings (SSSR count). The first-order chi connectivity index (χ1) is 14.3. The maximum absolute atomic E-state index is 12.4. The van der Waals surface area contributed by atoms with Crippen LogP contribution in [-0.2, 0) is 12.0 Å². The van der Waals surface area contributed by atoms with Crippen LogP contribution in [0.2, 0.25) is 0 Å². The van der Waals surface area contributed by atoms with E-state index in [1.54, 1.807) is 19.2 Å². The summed E-state index contributed by atoms with van der Waals surface area (Å²) >= 11 is 0. The normalized spacial score (nSPS) is 10.7. The predicted molar refractivity (Wildman–Crippen MR) is 122 cm³/mol. The molecule has 3 nitrogen and oxygen atoms in total. The molecule has 0 unspecified atom stereocenters. The molecule has 0 aliphatic rings. The van der Waals surface area contributed by atoms with Crippen LogP contribution < -0.4 is 10.1 Å². The number of rotatable bonds is 4. The minimum Gasteiger partial charge on any atom is -0.497 e. The minimum atomic E-state index is -0.0930. The van der Waals surface area contributed by atoms with E-state index in [0.29, 0.717) is 12.1 Å². The van der Waals surface area contributed by atoms with Gasteiger partial charge in [-0.2, -0.15) is 0 Å². The summed E-state index contributed by atoms with van der Waals surface area (Å²) in [6.07, 6.45) is 0. The Labute approximate surface area is 179 Å². The van der Waals surface area contributed by atoms with E-state index in [-0.39, 0.29) is 11.3 Å². The van der Waals surface area contributed by atoms with Gasteiger partial charge in [-0.15, -0.1) is 0 Å². The zero-order valence-electron chi connectivity index (χ0n) is 18.0. The van der Waals surface area contributed by atoms with Gasteiger partial charge in [0.15, 0.2) is 0 Å². The highest BCUT2D eigenvalue weighted by atomic mass is 16.5. The summed E-state index contributed by atoms with van der Waals surface area (Å²) in [5, 5.41) is 2.97. The van der Waals surface area contributed by atoms with Crippen molar-refractivity contribution >= 4 is 5.91 Å². The Morgan fingerprint density at radius 3 is 1.87 bits per heavy atom. The molecule has 30 heavy (non-hydrogen) atoms. The highest BCUT2D eigenvalue weighted by Crippen LogP contribution is 2.22. The summed E-state index contributed by atoms with van der Waals surface area (Å²) in [5.41, 5.74) is 4.88. The SMILES string of the molecule is COc1ccc(C#Cc2ccc(C(=O)NCc3ccc(C(C)(C)C)cc3)cc2)cc1. The third kappa shape index (κ3) is 5.75. The van der Waals surface area contributed by atoms with Gasteiger partial charge in [0.05, 0.1) is 7.11 Å². The molecule has 0 aliphatic heterocycles. The Bertz CT molecular complexity index is 1050. The smallest absolute Gasteiger partial charge is 0.251 e. The highest BCUT2D eigenvalue weighted by molar-refractivity contribution is 5.94. The van der Waals surface area contributed by atoms with Gasteiger partial charge < -0.3 is 10.1 Å². The van der Waals surface area contributed by atoms with Gasteiger partial charge in [0, 0.05) is 23.2 Å². The van der Waals surface area contributed by atoms with E-state index >= 15 is 0 Å². The molecule has 0 saturated heterocycles. The Morgan fingerprint density at radius 2 is 1.37 bits per heavy atom. The zero-order valence-corrected chi connectivity index (χ0v) is 18.0. The van der Waals surface area contributed by atoms with Crippen LogP contribution in [0.4, 0.5) is 0 Å². The second kappa shape index (κ2) is 9.33. The second-order valence-corrected chi connectivity index (χ2v) is 8.19. The van der Waals surface area contributed by atoms with Crippen LogP contribution >= 0.6 is 0 Å². The Hall–Kier alpha value is -3.51. The zero-order chi connectivity index (χ0) is 21.6. The standard InChI is InChI=1S/C27H27NO2/c1-27(2,3)24-15-9-22(10-16-24)19-28-26(29)23-13-7-20(8-14-23)5-6-21-11-17-25(30-4)18-12-21/h7-18H,19H2,1-4H3,(H,28,29). The predicted octanol–water partition coefficient (Wildman–Crippen LogP) is 5.32. The number of carbonyl (C=O) groups is 1. The average Bonchev–Trinajstić information content (AvgIpc) is 2.76. The van der Waals surface area contributed by atoms with E-state index in [9.17, 15) is 4.79 Å². The molecule has 0 heterocycles. The number of amides is 1. The fourth-order valence-electron chi connectivity index (χ4n) is 2.93. The van der Waals surface area contributed by atoms with Crippen molar-refractivity contribution in [1.82, 2.24) is 5.32 Å². The van der Waals surface area contributed by atoms with E-state index in [4.69, 9.17) is 4.74 Å². The van der Waals surface area contributed by atoms with Crippen molar-refractivity contribution in [1.29, 1.82) is 0 Å². The molecule has 3 heteroatoms. The molecule has 0 radical (unpaired) electrons. The van der Waals surface area contributed by atoms with Gasteiger partial charge in [0.2, 0.25) is 0 Å². The molecule has 3 aromatic carbocycles. The number of nitrogens with one attached hydrogen (secondary N) is 1. The van der Waals surface area contributed by atoms with Crippen LogP contribution in [0.15, 0.2) is 72.8 Å². The van der Waals surface area contributed by atoms with Gasteiger partial charge in [-0.3, -0.25) is 4.79 Å². The number of benzene rings is 3. The lowest BCUT2D eigenvalue weighted by Gasteiger charge is -2.19. The third-order valence-corrected chi connectivity index (χ3v) is 4.86. The minimum absolute atomic E-state index is 0.0930. The van der Waals surface area contributed by atoms with Crippen LogP contribution in [0, 0.1) is 11.8 Å². The van der Waals surface area contributed by atoms with E-state index in [2.05, 4.69) is 62.2 Å². The van der Waals surface area contributed by atoms with Gasteiger partial charge in [0.1, 0.15) is 5.75 Å². The first-order valence-electron chi connectivity index (χ1n) is 9.99. The molecule has 0 aromatic heterocycles. The summed E-state index contributed by atoms with van der Waals surface area (Å²) in [7, 11) is 1.64. The average molecular weight is 398 g/mol. The summed E-state index contributed by atoms with van der Waals surface area (Å²) in [6, 6.07) is 23.3. The lowest BCUT2D eigenvalue weighted by Crippen LogP contribution is -2.22. The van der Waals surface area contributed by atoms with E-state index in [0.717, 1.165) is 22.4 Å². The fraction of sp³-hybridized carbons (Fsp3) is 0.222. The monoisotopic (exact) mass is 397 g/mol. The van der Waals surface area contributed by atoms with Crippen molar-refractivity contribution in [2.45, 2.75) is 32.7 Å². The van der Waals surface area contributed by atoms with Crippen LogP contribution in [-0.4, -0.2) is 13.0 Å². The lowest BCUT2D eigenvalue weighted by atomic mass is 9.87. The topological polar surface area (TPSA) is 38.3 Å². The van der Waals surface area contributed by atoms with Crippen molar-refractivity contribution in [3.63, 3.8) is 0 Å². The van der Waals surface area contributed by atoms with Crippen molar-refractivity contribution in [2.75, 3.05) is 7.11 Å². The van der Waals surface area contributed by atoms with Crippen molar-refractivity contribution in [2.24, 2.45) is 0 Å². The van der Waals surface area contributed by atoms with Gasteiger partial charge >= 0.3 is 0 Å². The number of ether oxygens (including phenoxy) is 1. The molecular formula is C27H27NO2. The molecule has 0 saturated carbocycles. The van der Waals surface area contributed by atoms with Crippen molar-refractivity contribution in [3.05, 3.63) is 101 Å². The van der Waals surface area contributed by atoms with E-state index in [1.807, 2.05) is 36.4 Å². The summed E-state index contributed by atoms with van der Waals surface area (Å²) in [4.78, 5) is 12.4. The molecule has 1 amide bonds. The number of hydrogen-bond acceptors (Lipinski definition) is 2. The van der Waals surface area contributed by atoms with Gasteiger partial charge in [-0.25, -0.2) is 0 Å². The number of carbonyl (C=O) groups excluding carboxylic acids is 1. The largest absolute Gasteiger partial charge is 0.497 e. The molecule has 152 valence electrons. The molecule has 0 fully saturated rings. The van der Waals surface area contributed by atoms with Crippen molar-refractivity contribution in [3.8, 4) is 17.6 Å². The molecular weight excluding hydrogens is 370 g/mol. The first kappa shape index (κ1) is 21.2. The summed E-state index contributed by atoms with van der Waals surface area (Å²) in [6.45, 7) is 7.07. The summed E-state index contributed by atoms with van der Waals surface area (Å²) in [5.74, 6) is 6.95. The van der Waals surface area contributed by atoms with Gasteiger partial charge in [0.25, 0.3) is 5.91 Å². The molecule has 0 spiro atoms.